The van der Waals surface area contributed by atoms with Crippen molar-refractivity contribution in [1.82, 2.24) is 10.2 Å². The molecule has 6 heteroatoms. The molecule has 2 aromatic rings. The Balaban J connectivity index is 1.50. The van der Waals surface area contributed by atoms with Gasteiger partial charge in [-0.05, 0) is 29.7 Å². The van der Waals surface area contributed by atoms with Gasteiger partial charge < -0.3 is 19.7 Å². The molecule has 0 bridgehead atoms. The van der Waals surface area contributed by atoms with E-state index in [1.807, 2.05) is 35.2 Å². The lowest BCUT2D eigenvalue weighted by Crippen LogP contribution is -2.35. The van der Waals surface area contributed by atoms with Gasteiger partial charge in [0.25, 0.3) is 0 Å². The van der Waals surface area contributed by atoms with Crippen LogP contribution in [0.2, 0.25) is 5.02 Å². The first-order chi connectivity index (χ1) is 13.2. The lowest BCUT2D eigenvalue weighted by atomic mass is 10.1. The molecule has 2 heterocycles. The number of hydrogen-bond donors (Lipinski definition) is 1. The molecule has 4 rings (SSSR count). The first kappa shape index (κ1) is 18.1. The third-order valence-corrected chi connectivity index (χ3v) is 5.27. The molecule has 27 heavy (non-hydrogen) atoms. The second-order valence-electron chi connectivity index (χ2n) is 6.89. The van der Waals surface area contributed by atoms with E-state index in [0.717, 1.165) is 18.5 Å². The lowest BCUT2D eigenvalue weighted by molar-refractivity contribution is -0.128. The zero-order valence-corrected chi connectivity index (χ0v) is 15.9. The Morgan fingerprint density at radius 3 is 2.74 bits per heavy atom. The number of nitrogens with zero attached hydrogens (tertiary/aromatic N) is 1. The number of hydrogen-bond acceptors (Lipinski definition) is 4. The van der Waals surface area contributed by atoms with Crippen molar-refractivity contribution >= 4 is 17.5 Å². The summed E-state index contributed by atoms with van der Waals surface area (Å²) in [5, 5.41) is 4.15. The number of rotatable bonds is 6. The summed E-state index contributed by atoms with van der Waals surface area (Å²) in [5.74, 6) is 1.55. The van der Waals surface area contributed by atoms with Crippen LogP contribution in [0.15, 0.2) is 42.5 Å². The highest BCUT2D eigenvalue weighted by Crippen LogP contribution is 2.38. The molecule has 2 aliphatic rings. The molecular weight excluding hydrogens is 364 g/mol. The number of fused-ring (bicyclic) bond motifs is 1. The summed E-state index contributed by atoms with van der Waals surface area (Å²) in [4.78, 5) is 14.0. The van der Waals surface area contributed by atoms with Crippen molar-refractivity contribution in [3.63, 3.8) is 0 Å². The minimum atomic E-state index is 0.0558. The third-order valence-electron chi connectivity index (χ3n) is 4.99. The largest absolute Gasteiger partial charge is 0.486 e. The van der Waals surface area contributed by atoms with Gasteiger partial charge in [0.15, 0.2) is 11.5 Å². The SMILES string of the molecule is O=C1CCCN1CC(NCc1cc(Cl)c2c(c1)OCCO2)c1ccccc1. The molecule has 1 atom stereocenters. The van der Waals surface area contributed by atoms with E-state index in [9.17, 15) is 4.79 Å². The van der Waals surface area contributed by atoms with Crippen LogP contribution in [0.5, 0.6) is 11.5 Å². The van der Waals surface area contributed by atoms with Gasteiger partial charge in [0.05, 0.1) is 11.1 Å². The molecule has 0 radical (unpaired) electrons. The topological polar surface area (TPSA) is 50.8 Å². The Kier molecular flexibility index (Phi) is 5.50. The molecule has 2 aromatic carbocycles. The van der Waals surface area contributed by atoms with Crippen molar-refractivity contribution in [1.29, 1.82) is 0 Å². The van der Waals surface area contributed by atoms with Crippen LogP contribution in [0, 0.1) is 0 Å². The standard InChI is InChI=1S/C21H23ClN2O3/c22-17-11-15(12-19-21(17)27-10-9-26-19)13-23-18(16-5-2-1-3-6-16)14-24-8-4-7-20(24)25/h1-3,5-6,11-12,18,23H,4,7-10,13-14H2. The zero-order chi connectivity index (χ0) is 18.6. The molecule has 142 valence electrons. The van der Waals surface area contributed by atoms with Gasteiger partial charge in [0.1, 0.15) is 13.2 Å². The molecule has 1 fully saturated rings. The quantitative estimate of drug-likeness (QED) is 0.824. The van der Waals surface area contributed by atoms with Gasteiger partial charge in [-0.3, -0.25) is 4.79 Å². The maximum absolute atomic E-state index is 12.1. The van der Waals surface area contributed by atoms with Gasteiger partial charge in [0.2, 0.25) is 5.91 Å². The molecule has 1 N–H and O–H groups in total. The van der Waals surface area contributed by atoms with E-state index in [4.69, 9.17) is 21.1 Å². The predicted molar refractivity (Wildman–Crippen MR) is 104 cm³/mol. The summed E-state index contributed by atoms with van der Waals surface area (Å²) in [7, 11) is 0. The first-order valence-corrected chi connectivity index (χ1v) is 9.72. The van der Waals surface area contributed by atoms with E-state index in [0.29, 0.717) is 49.2 Å². The van der Waals surface area contributed by atoms with Gasteiger partial charge in [0, 0.05) is 26.1 Å². The zero-order valence-electron chi connectivity index (χ0n) is 15.1. The van der Waals surface area contributed by atoms with Crippen molar-refractivity contribution in [3.8, 4) is 11.5 Å². The maximum Gasteiger partial charge on any atom is 0.222 e. The number of benzene rings is 2. The number of amides is 1. The average Bonchev–Trinajstić information content (AvgIpc) is 3.10. The Labute approximate surface area is 164 Å². The molecule has 2 aliphatic heterocycles. The summed E-state index contributed by atoms with van der Waals surface area (Å²) in [6.45, 7) is 3.17. The summed E-state index contributed by atoms with van der Waals surface area (Å²) in [5.41, 5.74) is 2.19. The number of ether oxygens (including phenoxy) is 2. The number of nitrogens with one attached hydrogen (secondary N) is 1. The predicted octanol–water partition coefficient (Wildman–Crippen LogP) is 3.56. The lowest BCUT2D eigenvalue weighted by Gasteiger charge is -2.26. The van der Waals surface area contributed by atoms with E-state index in [2.05, 4.69) is 17.4 Å². The van der Waals surface area contributed by atoms with Crippen molar-refractivity contribution in [2.45, 2.75) is 25.4 Å². The van der Waals surface area contributed by atoms with E-state index in [1.54, 1.807) is 0 Å². The summed E-state index contributed by atoms with van der Waals surface area (Å²) < 4.78 is 11.3. The summed E-state index contributed by atoms with van der Waals surface area (Å²) in [6, 6.07) is 14.2. The second-order valence-corrected chi connectivity index (χ2v) is 7.30. The fourth-order valence-electron chi connectivity index (χ4n) is 3.60. The van der Waals surface area contributed by atoms with Crippen LogP contribution < -0.4 is 14.8 Å². The van der Waals surface area contributed by atoms with E-state index in [1.165, 1.54) is 5.56 Å². The van der Waals surface area contributed by atoms with Gasteiger partial charge in [-0.1, -0.05) is 41.9 Å². The number of carbonyl (C=O) groups is 1. The van der Waals surface area contributed by atoms with Crippen LogP contribution in [0.25, 0.3) is 0 Å². The highest BCUT2D eigenvalue weighted by molar-refractivity contribution is 6.32. The van der Waals surface area contributed by atoms with Gasteiger partial charge in [-0.15, -0.1) is 0 Å². The minimum Gasteiger partial charge on any atom is -0.486 e. The van der Waals surface area contributed by atoms with Crippen LogP contribution in [0.4, 0.5) is 0 Å². The molecular formula is C21H23ClN2O3. The van der Waals surface area contributed by atoms with E-state index in [-0.39, 0.29) is 11.9 Å². The van der Waals surface area contributed by atoms with E-state index < -0.39 is 0 Å². The second kappa shape index (κ2) is 8.19. The van der Waals surface area contributed by atoms with Crippen LogP contribution >= 0.6 is 11.6 Å². The maximum atomic E-state index is 12.1. The summed E-state index contributed by atoms with van der Waals surface area (Å²) >= 11 is 6.35. The first-order valence-electron chi connectivity index (χ1n) is 9.35. The molecule has 0 saturated carbocycles. The van der Waals surface area contributed by atoms with Crippen molar-refractivity contribution < 1.29 is 14.3 Å². The van der Waals surface area contributed by atoms with Crippen LogP contribution in [-0.2, 0) is 11.3 Å². The highest BCUT2D eigenvalue weighted by Gasteiger charge is 2.24. The Morgan fingerprint density at radius 1 is 1.15 bits per heavy atom. The molecule has 1 saturated heterocycles. The normalized spacial score (nSPS) is 17.2. The smallest absolute Gasteiger partial charge is 0.222 e. The Hall–Kier alpha value is -2.24. The molecule has 1 amide bonds. The monoisotopic (exact) mass is 386 g/mol. The van der Waals surface area contributed by atoms with Crippen LogP contribution in [-0.4, -0.2) is 37.1 Å². The molecule has 5 nitrogen and oxygen atoms in total. The van der Waals surface area contributed by atoms with Crippen molar-refractivity contribution in [3.05, 3.63) is 58.6 Å². The highest BCUT2D eigenvalue weighted by atomic mass is 35.5. The fraction of sp³-hybridized carbons (Fsp3) is 0.381. The molecule has 0 aliphatic carbocycles. The molecule has 0 aromatic heterocycles. The Bertz CT molecular complexity index is 813. The van der Waals surface area contributed by atoms with Crippen LogP contribution in [0.3, 0.4) is 0 Å². The van der Waals surface area contributed by atoms with Crippen LogP contribution in [0.1, 0.15) is 30.0 Å². The van der Waals surface area contributed by atoms with Gasteiger partial charge >= 0.3 is 0 Å². The van der Waals surface area contributed by atoms with Crippen molar-refractivity contribution in [2.24, 2.45) is 0 Å². The van der Waals surface area contributed by atoms with Gasteiger partial charge in [-0.25, -0.2) is 0 Å². The van der Waals surface area contributed by atoms with Crippen molar-refractivity contribution in [2.75, 3.05) is 26.3 Å². The number of carbonyl (C=O) groups excluding carboxylic acids is 1. The molecule has 0 spiro atoms. The average molecular weight is 387 g/mol. The Morgan fingerprint density at radius 2 is 1.96 bits per heavy atom. The molecule has 1 unspecified atom stereocenters. The third kappa shape index (κ3) is 4.20. The summed E-state index contributed by atoms with van der Waals surface area (Å²) in [6.07, 6.45) is 1.59. The number of likely N-dealkylation sites (tertiary alicyclic amines) is 1. The fourth-order valence-corrected chi connectivity index (χ4v) is 3.89. The number of halogens is 1. The van der Waals surface area contributed by atoms with E-state index >= 15 is 0 Å². The minimum absolute atomic E-state index is 0.0558. The van der Waals surface area contributed by atoms with Gasteiger partial charge in [-0.2, -0.15) is 0 Å².